The van der Waals surface area contributed by atoms with Crippen LogP contribution < -0.4 is 11.3 Å². The molecule has 4 nitrogen and oxygen atoms in total. The SMILES string of the molecule is Nc1nc(CCc2ccc(F)cc2)cc(=O)[nH]1. The average Bonchev–Trinajstić information content (AvgIpc) is 2.27. The van der Waals surface area contributed by atoms with Crippen molar-refractivity contribution < 1.29 is 4.39 Å². The molecule has 1 aromatic carbocycles. The highest BCUT2D eigenvalue weighted by Gasteiger charge is 2.00. The predicted molar refractivity (Wildman–Crippen MR) is 63.1 cm³/mol. The number of hydrogen-bond donors (Lipinski definition) is 2. The molecule has 5 heteroatoms. The highest BCUT2D eigenvalue weighted by atomic mass is 19.1. The Balaban J connectivity index is 2.07. The number of anilines is 1. The van der Waals surface area contributed by atoms with Gasteiger partial charge in [-0.15, -0.1) is 0 Å². The zero-order chi connectivity index (χ0) is 12.3. The van der Waals surface area contributed by atoms with Crippen LogP contribution in [0.15, 0.2) is 35.1 Å². The van der Waals surface area contributed by atoms with Gasteiger partial charge in [0.2, 0.25) is 5.95 Å². The zero-order valence-corrected chi connectivity index (χ0v) is 9.11. The van der Waals surface area contributed by atoms with Crippen molar-refractivity contribution in [1.82, 2.24) is 9.97 Å². The second kappa shape index (κ2) is 4.78. The minimum absolute atomic E-state index is 0.117. The second-order valence-corrected chi connectivity index (χ2v) is 3.75. The summed E-state index contributed by atoms with van der Waals surface area (Å²) in [6, 6.07) is 7.67. The summed E-state index contributed by atoms with van der Waals surface area (Å²) in [5, 5.41) is 0. The lowest BCUT2D eigenvalue weighted by Gasteiger charge is -2.02. The fraction of sp³-hybridized carbons (Fsp3) is 0.167. The molecule has 0 saturated heterocycles. The number of H-pyrrole nitrogens is 1. The van der Waals surface area contributed by atoms with Crippen molar-refractivity contribution in [2.75, 3.05) is 5.73 Å². The summed E-state index contributed by atoms with van der Waals surface area (Å²) in [6.07, 6.45) is 1.29. The van der Waals surface area contributed by atoms with E-state index >= 15 is 0 Å². The van der Waals surface area contributed by atoms with Gasteiger partial charge in [-0.3, -0.25) is 9.78 Å². The van der Waals surface area contributed by atoms with E-state index < -0.39 is 0 Å². The maximum Gasteiger partial charge on any atom is 0.252 e. The summed E-state index contributed by atoms with van der Waals surface area (Å²) in [4.78, 5) is 17.5. The summed E-state index contributed by atoms with van der Waals surface area (Å²) >= 11 is 0. The quantitative estimate of drug-likeness (QED) is 0.838. The number of aromatic nitrogens is 2. The first-order chi connectivity index (χ1) is 8.13. The minimum Gasteiger partial charge on any atom is -0.369 e. The molecule has 0 aliphatic heterocycles. The Morgan fingerprint density at radius 3 is 2.59 bits per heavy atom. The van der Waals surface area contributed by atoms with Crippen molar-refractivity contribution in [3.05, 3.63) is 57.8 Å². The Morgan fingerprint density at radius 2 is 1.94 bits per heavy atom. The van der Waals surface area contributed by atoms with Gasteiger partial charge in [-0.1, -0.05) is 12.1 Å². The molecule has 0 aliphatic carbocycles. The van der Waals surface area contributed by atoms with Crippen molar-refractivity contribution in [2.45, 2.75) is 12.8 Å². The Labute approximate surface area is 97.3 Å². The van der Waals surface area contributed by atoms with Crippen LogP contribution in [0.5, 0.6) is 0 Å². The smallest absolute Gasteiger partial charge is 0.252 e. The second-order valence-electron chi connectivity index (χ2n) is 3.75. The standard InChI is InChI=1S/C12H12FN3O/c13-9-4-1-8(2-5-9)3-6-10-7-11(17)16-12(14)15-10/h1-2,4-5,7H,3,6H2,(H3,14,15,16,17). The van der Waals surface area contributed by atoms with Gasteiger partial charge >= 0.3 is 0 Å². The Kier molecular flexibility index (Phi) is 3.18. The molecule has 88 valence electrons. The first kappa shape index (κ1) is 11.3. The summed E-state index contributed by atoms with van der Waals surface area (Å²) in [5.74, 6) is -0.140. The van der Waals surface area contributed by atoms with Gasteiger partial charge < -0.3 is 5.73 Å². The lowest BCUT2D eigenvalue weighted by atomic mass is 10.1. The van der Waals surface area contributed by atoms with Crippen molar-refractivity contribution in [2.24, 2.45) is 0 Å². The van der Waals surface area contributed by atoms with E-state index in [4.69, 9.17) is 5.73 Å². The number of aryl methyl sites for hydroxylation is 2. The number of aromatic amines is 1. The molecule has 0 fully saturated rings. The molecule has 3 N–H and O–H groups in total. The van der Waals surface area contributed by atoms with Gasteiger partial charge in [0.1, 0.15) is 5.82 Å². The van der Waals surface area contributed by atoms with E-state index in [0.29, 0.717) is 18.5 Å². The molecule has 0 unspecified atom stereocenters. The van der Waals surface area contributed by atoms with Gasteiger partial charge in [0.05, 0.1) is 5.69 Å². The van der Waals surface area contributed by atoms with Crippen LogP contribution >= 0.6 is 0 Å². The third-order valence-corrected chi connectivity index (χ3v) is 2.40. The van der Waals surface area contributed by atoms with Crippen LogP contribution in [-0.2, 0) is 12.8 Å². The summed E-state index contributed by atoms with van der Waals surface area (Å²) < 4.78 is 12.7. The van der Waals surface area contributed by atoms with Gasteiger partial charge in [-0.2, -0.15) is 0 Å². The molecule has 17 heavy (non-hydrogen) atoms. The van der Waals surface area contributed by atoms with Crippen LogP contribution in [0.25, 0.3) is 0 Å². The molecule has 0 atom stereocenters. The lowest BCUT2D eigenvalue weighted by Crippen LogP contribution is -2.12. The number of rotatable bonds is 3. The van der Waals surface area contributed by atoms with Gasteiger partial charge in [0.25, 0.3) is 5.56 Å². The molecular formula is C12H12FN3O. The largest absolute Gasteiger partial charge is 0.369 e. The summed E-state index contributed by atoms with van der Waals surface area (Å²) in [7, 11) is 0. The first-order valence-corrected chi connectivity index (χ1v) is 5.23. The fourth-order valence-electron chi connectivity index (χ4n) is 1.58. The molecule has 0 saturated carbocycles. The van der Waals surface area contributed by atoms with Crippen LogP contribution in [0.4, 0.5) is 10.3 Å². The highest BCUT2D eigenvalue weighted by molar-refractivity contribution is 5.20. The van der Waals surface area contributed by atoms with Crippen LogP contribution in [-0.4, -0.2) is 9.97 Å². The maximum absolute atomic E-state index is 12.7. The Bertz CT molecular complexity index is 563. The molecule has 2 rings (SSSR count). The zero-order valence-electron chi connectivity index (χ0n) is 9.11. The third-order valence-electron chi connectivity index (χ3n) is 2.40. The van der Waals surface area contributed by atoms with Gasteiger partial charge in [-0.05, 0) is 30.5 Å². The van der Waals surface area contributed by atoms with E-state index in [9.17, 15) is 9.18 Å². The van der Waals surface area contributed by atoms with Gasteiger partial charge in [0, 0.05) is 6.07 Å². The van der Waals surface area contributed by atoms with Crippen molar-refractivity contribution in [3.63, 3.8) is 0 Å². The average molecular weight is 233 g/mol. The van der Waals surface area contributed by atoms with Gasteiger partial charge in [-0.25, -0.2) is 9.37 Å². The number of nitrogens with one attached hydrogen (secondary N) is 1. The topological polar surface area (TPSA) is 71.8 Å². The number of halogens is 1. The van der Waals surface area contributed by atoms with E-state index in [1.807, 2.05) is 0 Å². The molecule has 0 amide bonds. The number of nitrogens with two attached hydrogens (primary N) is 1. The lowest BCUT2D eigenvalue weighted by molar-refractivity contribution is 0.627. The Morgan fingerprint density at radius 1 is 1.24 bits per heavy atom. The Hall–Kier alpha value is -2.17. The van der Waals surface area contributed by atoms with Crippen LogP contribution in [0.2, 0.25) is 0 Å². The minimum atomic E-state index is -0.258. The van der Waals surface area contributed by atoms with Crippen molar-refractivity contribution >= 4 is 5.95 Å². The highest BCUT2D eigenvalue weighted by Crippen LogP contribution is 2.06. The van der Waals surface area contributed by atoms with Crippen LogP contribution in [0.3, 0.4) is 0 Å². The van der Waals surface area contributed by atoms with E-state index in [2.05, 4.69) is 9.97 Å². The maximum atomic E-state index is 12.7. The van der Waals surface area contributed by atoms with E-state index in [-0.39, 0.29) is 17.3 Å². The molecule has 0 spiro atoms. The molecule has 1 heterocycles. The molecule has 0 aliphatic rings. The number of benzene rings is 1. The van der Waals surface area contributed by atoms with Gasteiger partial charge in [0.15, 0.2) is 0 Å². The molecule has 1 aromatic heterocycles. The number of nitrogens with zero attached hydrogens (tertiary/aromatic N) is 1. The predicted octanol–water partition coefficient (Wildman–Crippen LogP) is 1.28. The van der Waals surface area contributed by atoms with E-state index in [0.717, 1.165) is 5.56 Å². The molecule has 0 bridgehead atoms. The molecule has 2 aromatic rings. The number of hydrogen-bond acceptors (Lipinski definition) is 3. The number of nitrogen functional groups attached to an aromatic ring is 1. The first-order valence-electron chi connectivity index (χ1n) is 5.23. The van der Waals surface area contributed by atoms with E-state index in [1.165, 1.54) is 18.2 Å². The third kappa shape index (κ3) is 3.14. The fourth-order valence-corrected chi connectivity index (χ4v) is 1.58. The van der Waals surface area contributed by atoms with Crippen molar-refractivity contribution in [1.29, 1.82) is 0 Å². The monoisotopic (exact) mass is 233 g/mol. The van der Waals surface area contributed by atoms with Crippen molar-refractivity contribution in [3.8, 4) is 0 Å². The van der Waals surface area contributed by atoms with Crippen LogP contribution in [0, 0.1) is 5.82 Å². The van der Waals surface area contributed by atoms with Crippen LogP contribution in [0.1, 0.15) is 11.3 Å². The molecular weight excluding hydrogens is 221 g/mol. The van der Waals surface area contributed by atoms with E-state index in [1.54, 1.807) is 12.1 Å². The molecule has 0 radical (unpaired) electrons. The summed E-state index contributed by atoms with van der Waals surface area (Å²) in [5.41, 5.74) is 6.80. The summed E-state index contributed by atoms with van der Waals surface area (Å²) in [6.45, 7) is 0. The normalized spacial score (nSPS) is 10.4.